The second-order valence-corrected chi connectivity index (χ2v) is 6.51. The number of amides is 1. The number of hydrogen-bond acceptors (Lipinski definition) is 4. The first kappa shape index (κ1) is 16.9. The van der Waals surface area contributed by atoms with E-state index in [0.29, 0.717) is 12.3 Å². The van der Waals surface area contributed by atoms with Gasteiger partial charge in [-0.2, -0.15) is 0 Å². The number of nitrogens with two attached hydrogens (primary N) is 1. The normalized spacial score (nSPS) is 12.9. The summed E-state index contributed by atoms with van der Waals surface area (Å²) in [6.07, 6.45) is -0.488. The number of halogens is 1. The Labute approximate surface area is 127 Å². The van der Waals surface area contributed by atoms with Crippen LogP contribution in [0.25, 0.3) is 0 Å². The highest BCUT2D eigenvalue weighted by molar-refractivity contribution is 9.10. The Morgan fingerprint density at radius 1 is 1.45 bits per heavy atom. The summed E-state index contributed by atoms with van der Waals surface area (Å²) in [6, 6.07) is 5.65. The van der Waals surface area contributed by atoms with E-state index in [1.54, 1.807) is 0 Å². The molecule has 1 rings (SSSR count). The molecule has 1 amide bonds. The van der Waals surface area contributed by atoms with Crippen molar-refractivity contribution in [3.05, 3.63) is 28.2 Å². The summed E-state index contributed by atoms with van der Waals surface area (Å²) in [5.74, 6) is 5.16. The molecule has 0 aromatic heterocycles. The van der Waals surface area contributed by atoms with Gasteiger partial charge in [-0.3, -0.25) is 5.32 Å². The molecule has 0 heterocycles. The highest BCUT2D eigenvalue weighted by atomic mass is 79.9. The minimum absolute atomic E-state index is 0.0537. The number of ether oxygens (including phenoxy) is 1. The minimum Gasteiger partial charge on any atom is -0.444 e. The minimum atomic E-state index is -0.539. The van der Waals surface area contributed by atoms with Gasteiger partial charge in [0.05, 0.1) is 6.61 Å². The molecule has 6 heteroatoms. The molecule has 0 bridgehead atoms. The monoisotopic (exact) mass is 344 g/mol. The third-order valence-corrected chi connectivity index (χ3v) is 3.02. The van der Waals surface area contributed by atoms with Crippen molar-refractivity contribution in [2.24, 2.45) is 5.90 Å². The molecule has 0 aliphatic heterocycles. The largest absolute Gasteiger partial charge is 0.444 e. The zero-order chi connectivity index (χ0) is 15.3. The number of anilines is 1. The number of hydrogen-bond donors (Lipinski definition) is 2. The van der Waals surface area contributed by atoms with Crippen LogP contribution in [0.3, 0.4) is 0 Å². The molecule has 1 unspecified atom stereocenters. The van der Waals surface area contributed by atoms with Gasteiger partial charge in [0.2, 0.25) is 0 Å². The number of carbonyl (C=O) groups is 1. The van der Waals surface area contributed by atoms with Gasteiger partial charge in [0.15, 0.2) is 0 Å². The maximum Gasteiger partial charge on any atom is 0.412 e. The Kier molecular flexibility index (Phi) is 5.98. The molecule has 0 saturated heterocycles. The number of benzene rings is 1. The third-order valence-electron chi connectivity index (χ3n) is 2.53. The Bertz CT molecular complexity index is 472. The van der Waals surface area contributed by atoms with E-state index >= 15 is 0 Å². The van der Waals surface area contributed by atoms with Gasteiger partial charge < -0.3 is 9.57 Å². The van der Waals surface area contributed by atoms with Crippen LogP contribution in [-0.2, 0) is 9.57 Å². The first-order valence-electron chi connectivity index (χ1n) is 6.34. The zero-order valence-corrected chi connectivity index (χ0v) is 13.8. The van der Waals surface area contributed by atoms with E-state index in [1.807, 2.05) is 45.9 Å². The van der Waals surface area contributed by atoms with Crippen molar-refractivity contribution in [2.75, 3.05) is 11.9 Å². The molecule has 20 heavy (non-hydrogen) atoms. The first-order chi connectivity index (χ1) is 9.23. The molecule has 0 radical (unpaired) electrons. The van der Waals surface area contributed by atoms with Crippen molar-refractivity contribution in [3.63, 3.8) is 0 Å². The van der Waals surface area contributed by atoms with Crippen molar-refractivity contribution in [1.29, 1.82) is 0 Å². The van der Waals surface area contributed by atoms with Gasteiger partial charge in [-0.15, -0.1) is 0 Å². The van der Waals surface area contributed by atoms with Crippen LogP contribution in [0, 0.1) is 0 Å². The summed E-state index contributed by atoms with van der Waals surface area (Å²) in [6.45, 7) is 7.79. The third kappa shape index (κ3) is 5.48. The predicted octanol–water partition coefficient (Wildman–Crippen LogP) is 3.79. The van der Waals surface area contributed by atoms with Gasteiger partial charge in [0.1, 0.15) is 5.60 Å². The smallest absolute Gasteiger partial charge is 0.412 e. The molecular formula is C14H21BrN2O3. The van der Waals surface area contributed by atoms with Gasteiger partial charge >= 0.3 is 6.09 Å². The summed E-state index contributed by atoms with van der Waals surface area (Å²) in [7, 11) is 0. The maximum absolute atomic E-state index is 11.9. The summed E-state index contributed by atoms with van der Waals surface area (Å²) in [5, 5.41) is 2.76. The van der Waals surface area contributed by atoms with Crippen LogP contribution in [0.4, 0.5) is 10.5 Å². The average Bonchev–Trinajstić information content (AvgIpc) is 2.26. The average molecular weight is 345 g/mol. The lowest BCUT2D eigenvalue weighted by molar-refractivity contribution is 0.0635. The van der Waals surface area contributed by atoms with Gasteiger partial charge in [0, 0.05) is 16.1 Å². The summed E-state index contributed by atoms with van der Waals surface area (Å²) in [4.78, 5) is 16.5. The van der Waals surface area contributed by atoms with E-state index in [1.165, 1.54) is 0 Å². The van der Waals surface area contributed by atoms with Crippen molar-refractivity contribution in [1.82, 2.24) is 0 Å². The molecule has 1 aromatic carbocycles. The SMILES string of the molecule is CC(CON)c1ccc(Br)cc1NC(=O)OC(C)(C)C. The van der Waals surface area contributed by atoms with Crippen LogP contribution in [0.2, 0.25) is 0 Å². The molecule has 112 valence electrons. The number of rotatable bonds is 4. The molecule has 0 fully saturated rings. The lowest BCUT2D eigenvalue weighted by Crippen LogP contribution is -2.27. The van der Waals surface area contributed by atoms with Crippen molar-refractivity contribution in [2.45, 2.75) is 39.2 Å². The fraction of sp³-hybridized carbons (Fsp3) is 0.500. The topological polar surface area (TPSA) is 73.6 Å². The second-order valence-electron chi connectivity index (χ2n) is 5.59. The molecule has 0 spiro atoms. The van der Waals surface area contributed by atoms with Gasteiger partial charge in [0.25, 0.3) is 0 Å². The predicted molar refractivity (Wildman–Crippen MR) is 82.6 cm³/mol. The highest BCUT2D eigenvalue weighted by Gasteiger charge is 2.18. The van der Waals surface area contributed by atoms with Gasteiger partial charge in [-0.25, -0.2) is 10.7 Å². The number of carbonyl (C=O) groups excluding carboxylic acids is 1. The summed E-state index contributed by atoms with van der Waals surface area (Å²) < 4.78 is 6.12. The molecule has 3 N–H and O–H groups in total. The van der Waals surface area contributed by atoms with Gasteiger partial charge in [-0.05, 0) is 38.5 Å². The van der Waals surface area contributed by atoms with Crippen molar-refractivity contribution >= 4 is 27.7 Å². The standard InChI is InChI=1S/C14H21BrN2O3/c1-9(8-19-16)11-6-5-10(15)7-12(11)17-13(18)20-14(2,3)4/h5-7,9H,8,16H2,1-4H3,(H,17,18). The van der Waals surface area contributed by atoms with E-state index in [4.69, 9.17) is 10.6 Å². The maximum atomic E-state index is 11.9. The van der Waals surface area contributed by atoms with E-state index in [-0.39, 0.29) is 5.92 Å². The van der Waals surface area contributed by atoms with Crippen LogP contribution in [0.15, 0.2) is 22.7 Å². The molecular weight excluding hydrogens is 324 g/mol. The lowest BCUT2D eigenvalue weighted by Gasteiger charge is -2.21. The van der Waals surface area contributed by atoms with Gasteiger partial charge in [-0.1, -0.05) is 28.9 Å². The van der Waals surface area contributed by atoms with Crippen LogP contribution in [0.1, 0.15) is 39.2 Å². The molecule has 5 nitrogen and oxygen atoms in total. The highest BCUT2D eigenvalue weighted by Crippen LogP contribution is 2.28. The first-order valence-corrected chi connectivity index (χ1v) is 7.13. The second kappa shape index (κ2) is 7.06. The Morgan fingerprint density at radius 2 is 2.10 bits per heavy atom. The van der Waals surface area contributed by atoms with Crippen LogP contribution in [-0.4, -0.2) is 18.3 Å². The molecule has 1 atom stereocenters. The number of nitrogens with one attached hydrogen (secondary N) is 1. The van der Waals surface area contributed by atoms with Crippen molar-refractivity contribution < 1.29 is 14.4 Å². The quantitative estimate of drug-likeness (QED) is 0.815. The summed E-state index contributed by atoms with van der Waals surface area (Å²) in [5.41, 5.74) is 1.07. The van der Waals surface area contributed by atoms with E-state index in [2.05, 4.69) is 26.1 Å². The Morgan fingerprint density at radius 3 is 2.65 bits per heavy atom. The Balaban J connectivity index is 2.92. The van der Waals surface area contributed by atoms with Crippen LogP contribution >= 0.6 is 15.9 Å². The molecule has 0 aliphatic carbocycles. The van der Waals surface area contributed by atoms with Crippen molar-refractivity contribution in [3.8, 4) is 0 Å². The lowest BCUT2D eigenvalue weighted by atomic mass is 10.00. The van der Waals surface area contributed by atoms with E-state index in [9.17, 15) is 4.79 Å². The Hall–Kier alpha value is -1.11. The zero-order valence-electron chi connectivity index (χ0n) is 12.2. The molecule has 1 aromatic rings. The van der Waals surface area contributed by atoms with Crippen LogP contribution < -0.4 is 11.2 Å². The molecule has 0 saturated carbocycles. The summed E-state index contributed by atoms with van der Waals surface area (Å²) >= 11 is 3.39. The van der Waals surface area contributed by atoms with E-state index in [0.717, 1.165) is 10.0 Å². The van der Waals surface area contributed by atoms with Crippen LogP contribution in [0.5, 0.6) is 0 Å². The molecule has 0 aliphatic rings. The fourth-order valence-corrected chi connectivity index (χ4v) is 2.08. The fourth-order valence-electron chi connectivity index (χ4n) is 1.71. The van der Waals surface area contributed by atoms with E-state index < -0.39 is 11.7 Å².